The van der Waals surface area contributed by atoms with Crippen LogP contribution in [0.25, 0.3) is 11.8 Å². The third-order valence-electron chi connectivity index (χ3n) is 4.39. The number of hydrogen-bond acceptors (Lipinski definition) is 2. The van der Waals surface area contributed by atoms with Crippen molar-refractivity contribution in [3.05, 3.63) is 89.5 Å². The largest absolute Gasteiger partial charge is 0.346 e. The van der Waals surface area contributed by atoms with E-state index in [-0.39, 0.29) is 11.9 Å². The summed E-state index contributed by atoms with van der Waals surface area (Å²) in [7, 11) is 0. The third kappa shape index (κ3) is 4.28. The average Bonchev–Trinajstić information content (AvgIpc) is 3.16. The molecule has 0 aliphatic carbocycles. The Morgan fingerprint density at radius 3 is 2.58 bits per heavy atom. The van der Waals surface area contributed by atoms with Crippen molar-refractivity contribution >= 4 is 12.0 Å². The lowest BCUT2D eigenvalue weighted by Gasteiger charge is -2.14. The van der Waals surface area contributed by atoms with E-state index in [1.165, 1.54) is 5.56 Å². The maximum Gasteiger partial charge on any atom is 0.244 e. The number of imidazole rings is 1. The molecule has 1 atom stereocenters. The first kappa shape index (κ1) is 17.7. The van der Waals surface area contributed by atoms with Crippen LogP contribution in [0.15, 0.2) is 67.3 Å². The highest BCUT2D eigenvalue weighted by molar-refractivity contribution is 5.92. The Morgan fingerprint density at radius 2 is 1.92 bits per heavy atom. The summed E-state index contributed by atoms with van der Waals surface area (Å²) in [5.41, 5.74) is 5.54. The first-order valence-corrected chi connectivity index (χ1v) is 8.67. The van der Waals surface area contributed by atoms with Crippen molar-refractivity contribution in [2.24, 2.45) is 0 Å². The summed E-state index contributed by atoms with van der Waals surface area (Å²) in [6, 6.07) is 14.2. The Hall–Kier alpha value is -3.14. The molecule has 0 aliphatic rings. The molecule has 0 saturated heterocycles. The molecule has 26 heavy (non-hydrogen) atoms. The number of amides is 1. The normalized spacial score (nSPS) is 12.3. The fourth-order valence-electron chi connectivity index (χ4n) is 2.87. The average molecular weight is 345 g/mol. The van der Waals surface area contributed by atoms with E-state index in [0.717, 1.165) is 22.4 Å². The van der Waals surface area contributed by atoms with E-state index in [4.69, 9.17) is 0 Å². The lowest BCUT2D eigenvalue weighted by atomic mass is 10.1. The van der Waals surface area contributed by atoms with Gasteiger partial charge in [0.15, 0.2) is 0 Å². The molecule has 3 rings (SSSR count). The van der Waals surface area contributed by atoms with Crippen LogP contribution < -0.4 is 5.32 Å². The van der Waals surface area contributed by atoms with Crippen LogP contribution >= 0.6 is 0 Å². The maximum absolute atomic E-state index is 12.2. The van der Waals surface area contributed by atoms with E-state index in [2.05, 4.69) is 36.3 Å². The third-order valence-corrected chi connectivity index (χ3v) is 4.39. The Labute approximate surface area is 154 Å². The molecule has 0 aliphatic heterocycles. The quantitative estimate of drug-likeness (QED) is 0.698. The lowest BCUT2D eigenvalue weighted by Crippen LogP contribution is -2.24. The van der Waals surface area contributed by atoms with Crippen LogP contribution in [0.2, 0.25) is 0 Å². The minimum Gasteiger partial charge on any atom is -0.346 e. The van der Waals surface area contributed by atoms with Crippen molar-refractivity contribution in [1.82, 2.24) is 14.9 Å². The number of nitrogens with zero attached hydrogens (tertiary/aromatic N) is 2. The van der Waals surface area contributed by atoms with Crippen molar-refractivity contribution in [3.63, 3.8) is 0 Å². The number of rotatable bonds is 5. The molecule has 4 heteroatoms. The van der Waals surface area contributed by atoms with Gasteiger partial charge in [0.2, 0.25) is 5.91 Å². The van der Waals surface area contributed by atoms with Crippen LogP contribution in [-0.2, 0) is 4.79 Å². The Kier molecular flexibility index (Phi) is 5.32. The van der Waals surface area contributed by atoms with E-state index < -0.39 is 0 Å². The predicted molar refractivity (Wildman–Crippen MR) is 105 cm³/mol. The summed E-state index contributed by atoms with van der Waals surface area (Å²) in [5, 5.41) is 3.01. The van der Waals surface area contributed by atoms with E-state index in [0.29, 0.717) is 0 Å². The molecule has 0 spiro atoms. The number of carbonyl (C=O) groups excluding carboxylic acids is 1. The summed E-state index contributed by atoms with van der Waals surface area (Å²) >= 11 is 0. The van der Waals surface area contributed by atoms with E-state index in [1.807, 2.05) is 54.1 Å². The summed E-state index contributed by atoms with van der Waals surface area (Å²) in [6.07, 6.45) is 8.86. The molecular formula is C22H23N3O. The molecule has 1 heterocycles. The molecule has 0 saturated carbocycles. The highest BCUT2D eigenvalue weighted by Gasteiger charge is 2.08. The molecule has 0 bridgehead atoms. The molecular weight excluding hydrogens is 322 g/mol. The number of benzene rings is 2. The van der Waals surface area contributed by atoms with E-state index >= 15 is 0 Å². The van der Waals surface area contributed by atoms with Gasteiger partial charge in [0.05, 0.1) is 12.4 Å². The summed E-state index contributed by atoms with van der Waals surface area (Å²) < 4.78 is 1.94. The molecule has 1 N–H and O–H groups in total. The zero-order valence-corrected chi connectivity index (χ0v) is 15.3. The van der Waals surface area contributed by atoms with Gasteiger partial charge in [-0.25, -0.2) is 4.98 Å². The zero-order valence-electron chi connectivity index (χ0n) is 15.3. The van der Waals surface area contributed by atoms with Gasteiger partial charge >= 0.3 is 0 Å². The zero-order chi connectivity index (χ0) is 18.5. The van der Waals surface area contributed by atoms with Crippen LogP contribution in [0.4, 0.5) is 0 Å². The fourth-order valence-corrected chi connectivity index (χ4v) is 2.87. The van der Waals surface area contributed by atoms with Gasteiger partial charge in [-0.15, -0.1) is 0 Å². The monoisotopic (exact) mass is 345 g/mol. The van der Waals surface area contributed by atoms with Crippen molar-refractivity contribution in [2.45, 2.75) is 26.8 Å². The van der Waals surface area contributed by atoms with Gasteiger partial charge in [-0.2, -0.15) is 0 Å². The second-order valence-corrected chi connectivity index (χ2v) is 6.49. The number of carbonyl (C=O) groups is 1. The molecule has 0 unspecified atom stereocenters. The van der Waals surface area contributed by atoms with Gasteiger partial charge in [-0.05, 0) is 55.7 Å². The number of aryl methyl sites for hydroxylation is 2. The van der Waals surface area contributed by atoms with Crippen molar-refractivity contribution in [3.8, 4) is 5.69 Å². The van der Waals surface area contributed by atoms with E-state index in [1.54, 1.807) is 18.6 Å². The highest BCUT2D eigenvalue weighted by Crippen LogP contribution is 2.16. The molecule has 1 aromatic heterocycles. The fraction of sp³-hybridized carbons (Fsp3) is 0.182. The highest BCUT2D eigenvalue weighted by atomic mass is 16.1. The van der Waals surface area contributed by atoms with Gasteiger partial charge < -0.3 is 9.88 Å². The predicted octanol–water partition coefficient (Wildman–Crippen LogP) is 4.38. The Morgan fingerprint density at radius 1 is 1.15 bits per heavy atom. The first-order valence-electron chi connectivity index (χ1n) is 8.67. The molecule has 4 nitrogen and oxygen atoms in total. The minimum absolute atomic E-state index is 0.0666. The van der Waals surface area contributed by atoms with Gasteiger partial charge in [0.25, 0.3) is 0 Å². The molecule has 132 valence electrons. The summed E-state index contributed by atoms with van der Waals surface area (Å²) in [6.45, 7) is 6.09. The van der Waals surface area contributed by atoms with Crippen LogP contribution in [0, 0.1) is 13.8 Å². The minimum atomic E-state index is -0.101. The van der Waals surface area contributed by atoms with Gasteiger partial charge in [-0.1, -0.05) is 35.9 Å². The maximum atomic E-state index is 12.2. The topological polar surface area (TPSA) is 46.9 Å². The Balaban J connectivity index is 1.62. The first-order chi connectivity index (χ1) is 12.5. The van der Waals surface area contributed by atoms with E-state index in [9.17, 15) is 4.79 Å². The number of nitrogens with one attached hydrogen (secondary N) is 1. The van der Waals surface area contributed by atoms with Crippen LogP contribution in [0.3, 0.4) is 0 Å². The standard InChI is InChI=1S/C22H23N3O/c1-16-4-5-19(17(2)14-16)8-11-22(26)24-18(3)20-6-9-21(10-7-20)25-13-12-23-15-25/h4-15,18H,1-3H3,(H,24,26)/b11-8-/t18-/m1/s1. The molecule has 1 amide bonds. The SMILES string of the molecule is Cc1ccc(/C=C\C(=O)N[C@H](C)c2ccc(-n3ccnc3)cc2)c(C)c1. The smallest absolute Gasteiger partial charge is 0.244 e. The number of aromatic nitrogens is 2. The Bertz CT molecular complexity index is 909. The number of hydrogen-bond donors (Lipinski definition) is 1. The second kappa shape index (κ2) is 7.83. The molecule has 0 fully saturated rings. The molecule has 2 aromatic carbocycles. The van der Waals surface area contributed by atoms with Crippen LogP contribution in [-0.4, -0.2) is 15.5 Å². The van der Waals surface area contributed by atoms with Gasteiger partial charge in [0.1, 0.15) is 0 Å². The van der Waals surface area contributed by atoms with Crippen molar-refractivity contribution < 1.29 is 4.79 Å². The van der Waals surface area contributed by atoms with Gasteiger partial charge in [-0.3, -0.25) is 4.79 Å². The van der Waals surface area contributed by atoms with Crippen molar-refractivity contribution in [1.29, 1.82) is 0 Å². The van der Waals surface area contributed by atoms with Crippen LogP contribution in [0.5, 0.6) is 0 Å². The van der Waals surface area contributed by atoms with Gasteiger partial charge in [0, 0.05) is 24.2 Å². The lowest BCUT2D eigenvalue weighted by molar-refractivity contribution is -0.117. The second-order valence-electron chi connectivity index (χ2n) is 6.49. The molecule has 3 aromatic rings. The summed E-state index contributed by atoms with van der Waals surface area (Å²) in [5.74, 6) is -0.101. The van der Waals surface area contributed by atoms with Crippen molar-refractivity contribution in [2.75, 3.05) is 0 Å². The van der Waals surface area contributed by atoms with Crippen LogP contribution in [0.1, 0.15) is 35.2 Å². The molecule has 0 radical (unpaired) electrons. The summed E-state index contributed by atoms with van der Waals surface area (Å²) in [4.78, 5) is 16.3.